The third-order valence-electron chi connectivity index (χ3n) is 4.42. The van der Waals surface area contributed by atoms with Gasteiger partial charge in [0.15, 0.2) is 9.84 Å². The van der Waals surface area contributed by atoms with Crippen molar-refractivity contribution in [3.05, 3.63) is 54.4 Å². The van der Waals surface area contributed by atoms with Gasteiger partial charge in [-0.15, -0.1) is 0 Å². The van der Waals surface area contributed by atoms with Gasteiger partial charge in [-0.1, -0.05) is 25.1 Å². The van der Waals surface area contributed by atoms with Crippen LogP contribution in [0.2, 0.25) is 0 Å². The summed E-state index contributed by atoms with van der Waals surface area (Å²) >= 11 is 0. The molecule has 3 rings (SSSR count). The molecule has 1 fully saturated rings. The smallest absolute Gasteiger partial charge is 0.180 e. The van der Waals surface area contributed by atoms with E-state index in [-0.39, 0.29) is 5.75 Å². The number of rotatable bonds is 5. The predicted molar refractivity (Wildman–Crippen MR) is 95.9 cm³/mol. The van der Waals surface area contributed by atoms with Crippen LogP contribution >= 0.6 is 0 Å². The van der Waals surface area contributed by atoms with Gasteiger partial charge >= 0.3 is 0 Å². The van der Waals surface area contributed by atoms with Crippen molar-refractivity contribution < 1.29 is 8.42 Å². The van der Waals surface area contributed by atoms with Gasteiger partial charge in [0.25, 0.3) is 0 Å². The molecular formula is C18H23N3O2S. The molecule has 0 unspecified atom stereocenters. The zero-order valence-corrected chi connectivity index (χ0v) is 14.7. The Labute approximate surface area is 143 Å². The molecule has 5 nitrogen and oxygen atoms in total. The summed E-state index contributed by atoms with van der Waals surface area (Å²) in [7, 11) is -3.20. The Morgan fingerprint density at radius 3 is 2.46 bits per heavy atom. The van der Waals surface area contributed by atoms with E-state index in [2.05, 4.69) is 20.9 Å². The molecule has 0 bridgehead atoms. The van der Waals surface area contributed by atoms with Crippen molar-refractivity contribution in [2.75, 3.05) is 36.8 Å². The molecule has 1 aliphatic heterocycles. The Kier molecular flexibility index (Phi) is 5.16. The molecule has 1 saturated heterocycles. The third kappa shape index (κ3) is 3.76. The molecule has 0 radical (unpaired) electrons. The maximum atomic E-state index is 12.3. The average Bonchev–Trinajstić information content (AvgIpc) is 2.63. The van der Waals surface area contributed by atoms with Crippen LogP contribution in [0.15, 0.2) is 53.7 Å². The van der Waals surface area contributed by atoms with Crippen LogP contribution in [-0.4, -0.2) is 50.2 Å². The maximum Gasteiger partial charge on any atom is 0.180 e. The van der Waals surface area contributed by atoms with E-state index in [1.165, 1.54) is 5.56 Å². The molecule has 0 saturated carbocycles. The van der Waals surface area contributed by atoms with Gasteiger partial charge in [0.2, 0.25) is 0 Å². The highest BCUT2D eigenvalue weighted by atomic mass is 32.2. The lowest BCUT2D eigenvalue weighted by molar-refractivity contribution is 0.249. The summed E-state index contributed by atoms with van der Waals surface area (Å²) in [6, 6.07) is 11.4. The molecule has 1 aliphatic rings. The Morgan fingerprint density at radius 2 is 1.79 bits per heavy atom. The second-order valence-corrected chi connectivity index (χ2v) is 8.24. The first-order valence-corrected chi connectivity index (χ1v) is 9.93. The highest BCUT2D eigenvalue weighted by molar-refractivity contribution is 7.91. The minimum atomic E-state index is -3.20. The summed E-state index contributed by atoms with van der Waals surface area (Å²) in [4.78, 5) is 9.17. The van der Waals surface area contributed by atoms with Crippen LogP contribution < -0.4 is 4.90 Å². The van der Waals surface area contributed by atoms with Crippen LogP contribution in [0.3, 0.4) is 0 Å². The lowest BCUT2D eigenvalue weighted by Crippen LogP contribution is -2.46. The summed E-state index contributed by atoms with van der Waals surface area (Å²) < 4.78 is 24.7. The Morgan fingerprint density at radius 1 is 1.04 bits per heavy atom. The summed E-state index contributed by atoms with van der Waals surface area (Å²) in [5.74, 6) is 0.130. The molecular weight excluding hydrogens is 322 g/mol. The summed E-state index contributed by atoms with van der Waals surface area (Å²) in [5, 5.41) is 0. The van der Waals surface area contributed by atoms with E-state index in [4.69, 9.17) is 0 Å². The van der Waals surface area contributed by atoms with E-state index in [9.17, 15) is 8.42 Å². The first-order valence-electron chi connectivity index (χ1n) is 8.28. The molecule has 2 heterocycles. The Bertz CT molecular complexity index is 770. The minimum absolute atomic E-state index is 0.130. The molecule has 2 aromatic rings. The number of hydrogen-bond acceptors (Lipinski definition) is 5. The van der Waals surface area contributed by atoms with Gasteiger partial charge in [-0.25, -0.2) is 8.42 Å². The van der Waals surface area contributed by atoms with Gasteiger partial charge in [-0.05, 0) is 23.8 Å². The average molecular weight is 345 g/mol. The lowest BCUT2D eigenvalue weighted by Gasteiger charge is -2.36. The van der Waals surface area contributed by atoms with Crippen molar-refractivity contribution in [2.45, 2.75) is 18.4 Å². The van der Waals surface area contributed by atoms with E-state index < -0.39 is 9.84 Å². The summed E-state index contributed by atoms with van der Waals surface area (Å²) in [5.41, 5.74) is 2.04. The molecule has 128 valence electrons. The molecule has 0 aliphatic carbocycles. The fraction of sp³-hybridized carbons (Fsp3) is 0.389. The van der Waals surface area contributed by atoms with Crippen LogP contribution in [0.25, 0.3) is 0 Å². The number of piperazine rings is 1. The van der Waals surface area contributed by atoms with Gasteiger partial charge < -0.3 is 4.90 Å². The monoisotopic (exact) mass is 345 g/mol. The lowest BCUT2D eigenvalue weighted by atomic mass is 10.2. The van der Waals surface area contributed by atoms with Gasteiger partial charge in [-0.3, -0.25) is 9.88 Å². The molecule has 6 heteroatoms. The van der Waals surface area contributed by atoms with Crippen molar-refractivity contribution in [3.8, 4) is 0 Å². The number of benzene rings is 1. The molecule has 0 N–H and O–H groups in total. The van der Waals surface area contributed by atoms with Crippen molar-refractivity contribution in [1.82, 2.24) is 9.88 Å². The largest absolute Gasteiger partial charge is 0.368 e. The van der Waals surface area contributed by atoms with Crippen LogP contribution in [0.4, 0.5) is 5.69 Å². The Hall–Kier alpha value is -1.92. The predicted octanol–water partition coefficient (Wildman–Crippen LogP) is 2.20. The van der Waals surface area contributed by atoms with Gasteiger partial charge in [-0.2, -0.15) is 0 Å². The van der Waals surface area contributed by atoms with Crippen LogP contribution in [-0.2, 0) is 16.4 Å². The highest BCUT2D eigenvalue weighted by Gasteiger charge is 2.23. The summed E-state index contributed by atoms with van der Waals surface area (Å²) in [6.45, 7) is 6.06. The van der Waals surface area contributed by atoms with Crippen molar-refractivity contribution in [1.29, 1.82) is 0 Å². The van der Waals surface area contributed by atoms with E-state index >= 15 is 0 Å². The zero-order valence-electron chi connectivity index (χ0n) is 13.9. The van der Waals surface area contributed by atoms with Crippen LogP contribution in [0.1, 0.15) is 12.5 Å². The first kappa shape index (κ1) is 16.9. The number of anilines is 1. The van der Waals surface area contributed by atoms with Crippen molar-refractivity contribution in [3.63, 3.8) is 0 Å². The molecule has 0 amide bonds. The molecule has 0 atom stereocenters. The van der Waals surface area contributed by atoms with E-state index in [0.717, 1.165) is 38.4 Å². The molecule has 1 aromatic heterocycles. The highest BCUT2D eigenvalue weighted by Crippen LogP contribution is 2.27. The van der Waals surface area contributed by atoms with Gasteiger partial charge in [0, 0.05) is 45.1 Å². The van der Waals surface area contributed by atoms with Crippen LogP contribution in [0, 0.1) is 0 Å². The van der Waals surface area contributed by atoms with Gasteiger partial charge in [0.1, 0.15) is 0 Å². The second kappa shape index (κ2) is 7.32. The number of pyridine rings is 1. The normalized spacial score (nSPS) is 16.3. The standard InChI is InChI=1S/C18H23N3O2S/c1-2-24(22,23)18-8-4-3-7-17(18)21-12-10-20(11-13-21)15-16-6-5-9-19-14-16/h3-9,14H,2,10-13,15H2,1H3. The van der Waals surface area contributed by atoms with E-state index in [1.54, 1.807) is 25.3 Å². The Balaban J connectivity index is 1.69. The van der Waals surface area contributed by atoms with Crippen molar-refractivity contribution >= 4 is 15.5 Å². The van der Waals surface area contributed by atoms with Gasteiger partial charge in [0.05, 0.1) is 16.3 Å². The molecule has 24 heavy (non-hydrogen) atoms. The van der Waals surface area contributed by atoms with E-state index in [0.29, 0.717) is 4.90 Å². The quantitative estimate of drug-likeness (QED) is 0.831. The van der Waals surface area contributed by atoms with Crippen molar-refractivity contribution in [2.24, 2.45) is 0 Å². The zero-order chi connectivity index (χ0) is 17.0. The number of sulfone groups is 1. The van der Waals surface area contributed by atoms with E-state index in [1.807, 2.05) is 24.4 Å². The molecule has 1 aromatic carbocycles. The number of aromatic nitrogens is 1. The third-order valence-corrected chi connectivity index (χ3v) is 6.20. The number of para-hydroxylation sites is 1. The minimum Gasteiger partial charge on any atom is -0.368 e. The first-order chi connectivity index (χ1) is 11.6. The molecule has 0 spiro atoms. The second-order valence-electron chi connectivity index (χ2n) is 6.00. The fourth-order valence-electron chi connectivity index (χ4n) is 3.03. The summed E-state index contributed by atoms with van der Waals surface area (Å²) in [6.07, 6.45) is 3.68. The SMILES string of the molecule is CCS(=O)(=O)c1ccccc1N1CCN(Cc2cccnc2)CC1. The maximum absolute atomic E-state index is 12.3. The topological polar surface area (TPSA) is 53.5 Å². The number of hydrogen-bond donors (Lipinski definition) is 0. The number of nitrogens with zero attached hydrogens (tertiary/aromatic N) is 3. The van der Waals surface area contributed by atoms with Crippen LogP contribution in [0.5, 0.6) is 0 Å². The fourth-order valence-corrected chi connectivity index (χ4v) is 4.15.